The molecule has 206 valence electrons. The van der Waals surface area contributed by atoms with E-state index in [4.69, 9.17) is 21.7 Å². The summed E-state index contributed by atoms with van der Waals surface area (Å²) in [7, 11) is 1.38. The van der Waals surface area contributed by atoms with Gasteiger partial charge in [0.15, 0.2) is 22.4 Å². The van der Waals surface area contributed by atoms with Crippen LogP contribution < -0.4 is 19.7 Å². The number of benzene rings is 3. The van der Waals surface area contributed by atoms with Crippen molar-refractivity contribution in [2.24, 2.45) is 0 Å². The molecule has 0 spiro atoms. The highest BCUT2D eigenvalue weighted by Crippen LogP contribution is 2.39. The summed E-state index contributed by atoms with van der Waals surface area (Å²) >= 11 is 6.20. The fourth-order valence-corrected chi connectivity index (χ4v) is 4.89. The number of hydrogen-bond donors (Lipinski definition) is 1. The molecule has 0 atom stereocenters. The SMILES string of the molecule is COc1cc(/C=C2/SC(=S)N(c3cccc(C(F)(F)F)c3)C2=O)ccc1OCC(=O)Nc1cccc([N+](=O)[O-])c1. The molecule has 3 aromatic rings. The highest BCUT2D eigenvalue weighted by molar-refractivity contribution is 8.27. The normalized spacial score (nSPS) is 14.4. The van der Waals surface area contributed by atoms with Crippen LogP contribution in [0.4, 0.5) is 30.2 Å². The van der Waals surface area contributed by atoms with E-state index in [2.05, 4.69) is 5.32 Å². The van der Waals surface area contributed by atoms with Crippen LogP contribution in [0.15, 0.2) is 71.6 Å². The van der Waals surface area contributed by atoms with Crippen LogP contribution in [0.1, 0.15) is 11.1 Å². The lowest BCUT2D eigenvalue weighted by Gasteiger charge is -2.16. The molecule has 1 heterocycles. The maximum Gasteiger partial charge on any atom is 0.416 e. The summed E-state index contributed by atoms with van der Waals surface area (Å²) in [6.07, 6.45) is -3.07. The van der Waals surface area contributed by atoms with Gasteiger partial charge < -0.3 is 14.8 Å². The molecule has 0 saturated carbocycles. The number of hydrogen-bond acceptors (Lipinski definition) is 8. The number of halogens is 3. The van der Waals surface area contributed by atoms with Crippen molar-refractivity contribution in [2.75, 3.05) is 23.9 Å². The number of methoxy groups -OCH3 is 1. The Kier molecular flexibility index (Phi) is 8.40. The van der Waals surface area contributed by atoms with E-state index < -0.39 is 35.1 Å². The Bertz CT molecular complexity index is 1540. The monoisotopic (exact) mass is 589 g/mol. The standard InChI is InChI=1S/C26H18F3N3O6S2/c1-37-21-10-15(8-9-20(21)38-14-23(33)30-17-5-3-7-19(13-17)32(35)36)11-22-24(34)31(25(39)40-22)18-6-2-4-16(12-18)26(27,28)29/h2-13H,14H2,1H3,(H,30,33)/b22-11+. The molecule has 9 nitrogen and oxygen atoms in total. The van der Waals surface area contributed by atoms with E-state index in [0.29, 0.717) is 5.56 Å². The molecule has 40 heavy (non-hydrogen) atoms. The molecule has 4 rings (SSSR count). The van der Waals surface area contributed by atoms with Crippen LogP contribution in [-0.4, -0.2) is 34.8 Å². The Morgan fingerprint density at radius 2 is 1.88 bits per heavy atom. The Morgan fingerprint density at radius 3 is 2.58 bits per heavy atom. The first-order chi connectivity index (χ1) is 19.0. The Morgan fingerprint density at radius 1 is 1.12 bits per heavy atom. The first kappa shape index (κ1) is 28.6. The molecule has 1 aliphatic heterocycles. The molecule has 1 N–H and O–H groups in total. The molecule has 2 amide bonds. The second-order valence-corrected chi connectivity index (χ2v) is 9.80. The van der Waals surface area contributed by atoms with E-state index in [1.807, 2.05) is 0 Å². The lowest BCUT2D eigenvalue weighted by atomic mass is 10.1. The number of nitrogens with zero attached hydrogens (tertiary/aromatic N) is 2. The maximum atomic E-state index is 13.1. The van der Waals surface area contributed by atoms with Crippen molar-refractivity contribution < 1.29 is 37.2 Å². The number of ether oxygens (including phenoxy) is 2. The highest BCUT2D eigenvalue weighted by atomic mass is 32.2. The lowest BCUT2D eigenvalue weighted by molar-refractivity contribution is -0.384. The minimum Gasteiger partial charge on any atom is -0.493 e. The first-order valence-corrected chi connectivity index (χ1v) is 12.5. The molecule has 0 aliphatic carbocycles. The van der Waals surface area contributed by atoms with Crippen LogP contribution in [0, 0.1) is 10.1 Å². The van der Waals surface area contributed by atoms with Crippen LogP contribution in [0.2, 0.25) is 0 Å². The van der Waals surface area contributed by atoms with Gasteiger partial charge in [0.1, 0.15) is 0 Å². The lowest BCUT2D eigenvalue weighted by Crippen LogP contribution is -2.27. The van der Waals surface area contributed by atoms with Gasteiger partial charge in [-0.25, -0.2) is 0 Å². The second kappa shape index (κ2) is 11.8. The van der Waals surface area contributed by atoms with Crippen molar-refractivity contribution in [3.8, 4) is 11.5 Å². The third-order valence-electron chi connectivity index (χ3n) is 5.41. The average Bonchev–Trinajstić information content (AvgIpc) is 3.19. The Balaban J connectivity index is 1.46. The zero-order valence-electron chi connectivity index (χ0n) is 20.4. The number of nitrogens with one attached hydrogen (secondary N) is 1. The molecular weight excluding hydrogens is 571 g/mol. The predicted molar refractivity (Wildman–Crippen MR) is 147 cm³/mol. The second-order valence-electron chi connectivity index (χ2n) is 8.12. The third kappa shape index (κ3) is 6.58. The van der Waals surface area contributed by atoms with E-state index in [1.54, 1.807) is 12.1 Å². The van der Waals surface area contributed by atoms with Crippen molar-refractivity contribution in [3.63, 3.8) is 0 Å². The van der Waals surface area contributed by atoms with Crippen LogP contribution in [0.5, 0.6) is 11.5 Å². The van der Waals surface area contributed by atoms with E-state index in [9.17, 15) is 32.9 Å². The molecule has 0 unspecified atom stereocenters. The summed E-state index contributed by atoms with van der Waals surface area (Å²) in [5, 5.41) is 13.4. The van der Waals surface area contributed by atoms with E-state index in [1.165, 1.54) is 55.7 Å². The largest absolute Gasteiger partial charge is 0.493 e. The summed E-state index contributed by atoms with van der Waals surface area (Å²) in [5.41, 5.74) is -0.336. The van der Waals surface area contributed by atoms with Gasteiger partial charge in [-0.05, 0) is 48.0 Å². The quantitative estimate of drug-likeness (QED) is 0.146. The van der Waals surface area contributed by atoms with Gasteiger partial charge in [0.25, 0.3) is 17.5 Å². The number of nitro benzene ring substituents is 1. The van der Waals surface area contributed by atoms with Gasteiger partial charge >= 0.3 is 6.18 Å². The smallest absolute Gasteiger partial charge is 0.416 e. The summed E-state index contributed by atoms with van der Waals surface area (Å²) in [6.45, 7) is -0.423. The molecule has 1 fully saturated rings. The number of alkyl halides is 3. The van der Waals surface area contributed by atoms with Crippen molar-refractivity contribution >= 4 is 63.3 Å². The van der Waals surface area contributed by atoms with Gasteiger partial charge in [-0.3, -0.25) is 24.6 Å². The van der Waals surface area contributed by atoms with Gasteiger partial charge in [0, 0.05) is 17.8 Å². The molecule has 14 heteroatoms. The molecular formula is C26H18F3N3O6S2. The fourth-order valence-electron chi connectivity index (χ4n) is 3.59. The zero-order chi connectivity index (χ0) is 29.0. The van der Waals surface area contributed by atoms with E-state index >= 15 is 0 Å². The Labute approximate surface area is 234 Å². The summed E-state index contributed by atoms with van der Waals surface area (Å²) in [6, 6.07) is 14.4. The number of amides is 2. The van der Waals surface area contributed by atoms with E-state index in [-0.39, 0.29) is 37.8 Å². The van der Waals surface area contributed by atoms with Crippen molar-refractivity contribution in [1.29, 1.82) is 0 Å². The minimum absolute atomic E-state index is 0.00504. The van der Waals surface area contributed by atoms with Gasteiger partial charge in [0.05, 0.1) is 28.2 Å². The van der Waals surface area contributed by atoms with Crippen LogP contribution in [-0.2, 0) is 15.8 Å². The summed E-state index contributed by atoms with van der Waals surface area (Å²) in [5.74, 6) is -0.688. The molecule has 0 radical (unpaired) electrons. The molecule has 3 aromatic carbocycles. The molecule has 1 saturated heterocycles. The number of non-ortho nitro benzene ring substituents is 1. The van der Waals surface area contributed by atoms with Crippen LogP contribution in [0.3, 0.4) is 0 Å². The first-order valence-electron chi connectivity index (χ1n) is 11.3. The van der Waals surface area contributed by atoms with Crippen LogP contribution >= 0.6 is 24.0 Å². The number of carbonyl (C=O) groups is 2. The van der Waals surface area contributed by atoms with Gasteiger partial charge in [-0.15, -0.1) is 0 Å². The number of carbonyl (C=O) groups excluding carboxylic acids is 2. The van der Waals surface area contributed by atoms with Crippen molar-refractivity contribution in [1.82, 2.24) is 0 Å². The molecule has 0 aromatic heterocycles. The predicted octanol–water partition coefficient (Wildman–Crippen LogP) is 6.05. The fraction of sp³-hybridized carbons (Fsp3) is 0.115. The van der Waals surface area contributed by atoms with E-state index in [0.717, 1.165) is 28.8 Å². The average molecular weight is 590 g/mol. The topological polar surface area (TPSA) is 111 Å². The third-order valence-corrected chi connectivity index (χ3v) is 6.71. The minimum atomic E-state index is -4.57. The summed E-state index contributed by atoms with van der Waals surface area (Å²) in [4.78, 5) is 36.8. The number of rotatable bonds is 8. The zero-order valence-corrected chi connectivity index (χ0v) is 22.1. The van der Waals surface area contributed by atoms with Crippen molar-refractivity contribution in [2.45, 2.75) is 6.18 Å². The van der Waals surface area contributed by atoms with Gasteiger partial charge in [-0.1, -0.05) is 42.2 Å². The summed E-state index contributed by atoms with van der Waals surface area (Å²) < 4.78 is 50.4. The molecule has 0 bridgehead atoms. The number of anilines is 2. The number of thiocarbonyl (C=S) groups is 1. The number of thioether (sulfide) groups is 1. The molecule has 1 aliphatic rings. The Hall–Kier alpha value is -4.43. The van der Waals surface area contributed by atoms with Crippen LogP contribution in [0.25, 0.3) is 6.08 Å². The number of nitro groups is 1. The van der Waals surface area contributed by atoms with Crippen molar-refractivity contribution in [3.05, 3.63) is 92.9 Å². The maximum absolute atomic E-state index is 13.1. The van der Waals surface area contributed by atoms with Gasteiger partial charge in [0.2, 0.25) is 0 Å². The van der Waals surface area contributed by atoms with Gasteiger partial charge in [-0.2, -0.15) is 13.2 Å². The highest BCUT2D eigenvalue weighted by Gasteiger charge is 2.36.